The molecule has 0 unspecified atom stereocenters. The van der Waals surface area contributed by atoms with Crippen LogP contribution in [-0.2, 0) is 13.1 Å². The SMILES string of the molecule is Cc1cccc(OC2CCC(c3nnc4n3-c3ccc(Cl)cc3CN(C)C4)CC2)n1. The molecule has 0 N–H and O–H groups in total. The maximum Gasteiger partial charge on any atom is 0.213 e. The Hall–Kier alpha value is -2.44. The average Bonchev–Trinajstić information content (AvgIpc) is 3.06. The van der Waals surface area contributed by atoms with Crippen LogP contribution in [0.2, 0.25) is 5.02 Å². The van der Waals surface area contributed by atoms with Gasteiger partial charge in [-0.3, -0.25) is 9.47 Å². The first-order valence-corrected chi connectivity index (χ1v) is 11.0. The van der Waals surface area contributed by atoms with Gasteiger partial charge in [0.15, 0.2) is 5.82 Å². The van der Waals surface area contributed by atoms with Gasteiger partial charge >= 0.3 is 0 Å². The van der Waals surface area contributed by atoms with Crippen LogP contribution >= 0.6 is 11.6 Å². The second kappa shape index (κ2) is 8.00. The first-order chi connectivity index (χ1) is 14.6. The highest BCUT2D eigenvalue weighted by Gasteiger charge is 2.30. The van der Waals surface area contributed by atoms with Crippen molar-refractivity contribution in [3.8, 4) is 11.6 Å². The van der Waals surface area contributed by atoms with Crippen LogP contribution in [0.4, 0.5) is 0 Å². The predicted octanol–water partition coefficient (Wildman–Crippen LogP) is 4.67. The summed E-state index contributed by atoms with van der Waals surface area (Å²) in [6.07, 6.45) is 4.27. The van der Waals surface area contributed by atoms with Crippen molar-refractivity contribution >= 4 is 11.6 Å². The highest BCUT2D eigenvalue weighted by atomic mass is 35.5. The van der Waals surface area contributed by atoms with Gasteiger partial charge in [-0.15, -0.1) is 10.2 Å². The second-order valence-electron chi connectivity index (χ2n) is 8.46. The standard InChI is InChI=1S/C23H26ClN5O/c1-15-4-3-5-22(25-15)30-19-9-6-16(7-10-19)23-27-26-21-14-28(2)13-17-12-18(24)8-11-20(17)29(21)23/h3-5,8,11-12,16,19H,6-7,9-10,13-14H2,1-2H3. The Balaban J connectivity index is 1.37. The summed E-state index contributed by atoms with van der Waals surface area (Å²) < 4.78 is 8.41. The molecular formula is C23H26ClN5O. The summed E-state index contributed by atoms with van der Waals surface area (Å²) in [6, 6.07) is 12.0. The lowest BCUT2D eigenvalue weighted by Crippen LogP contribution is -2.25. The largest absolute Gasteiger partial charge is 0.474 e. The number of benzene rings is 1. The molecule has 0 atom stereocenters. The Kier molecular flexibility index (Phi) is 5.21. The minimum Gasteiger partial charge on any atom is -0.474 e. The van der Waals surface area contributed by atoms with Gasteiger partial charge in [0.2, 0.25) is 5.88 Å². The van der Waals surface area contributed by atoms with Crippen molar-refractivity contribution in [2.45, 2.75) is 57.7 Å². The Morgan fingerprint density at radius 1 is 1.03 bits per heavy atom. The molecule has 2 aliphatic rings. The molecule has 7 heteroatoms. The van der Waals surface area contributed by atoms with E-state index in [0.29, 0.717) is 5.92 Å². The second-order valence-corrected chi connectivity index (χ2v) is 8.90. The van der Waals surface area contributed by atoms with Crippen LogP contribution in [-0.4, -0.2) is 37.8 Å². The van der Waals surface area contributed by atoms with Crippen molar-refractivity contribution in [3.63, 3.8) is 0 Å². The lowest BCUT2D eigenvalue weighted by Gasteiger charge is -2.28. The van der Waals surface area contributed by atoms with E-state index >= 15 is 0 Å². The molecular weight excluding hydrogens is 398 g/mol. The smallest absolute Gasteiger partial charge is 0.213 e. The molecule has 30 heavy (non-hydrogen) atoms. The van der Waals surface area contributed by atoms with E-state index in [0.717, 1.165) is 72.7 Å². The van der Waals surface area contributed by atoms with E-state index in [1.54, 1.807) is 0 Å². The molecule has 1 aliphatic carbocycles. The van der Waals surface area contributed by atoms with Crippen LogP contribution in [0.5, 0.6) is 5.88 Å². The number of halogens is 1. The molecule has 6 nitrogen and oxygen atoms in total. The zero-order chi connectivity index (χ0) is 20.7. The molecule has 1 fully saturated rings. The quantitative estimate of drug-likeness (QED) is 0.612. The Bertz CT molecular complexity index is 1060. The van der Waals surface area contributed by atoms with Crippen LogP contribution in [0.1, 0.15) is 54.5 Å². The monoisotopic (exact) mass is 423 g/mol. The van der Waals surface area contributed by atoms with Crippen LogP contribution < -0.4 is 4.74 Å². The lowest BCUT2D eigenvalue weighted by molar-refractivity contribution is 0.138. The maximum absolute atomic E-state index is 6.28. The Morgan fingerprint density at radius 2 is 1.87 bits per heavy atom. The summed E-state index contributed by atoms with van der Waals surface area (Å²) >= 11 is 6.28. The van der Waals surface area contributed by atoms with Crippen LogP contribution in [0.25, 0.3) is 5.69 Å². The van der Waals surface area contributed by atoms with E-state index in [1.165, 1.54) is 5.56 Å². The number of rotatable bonds is 3. The van der Waals surface area contributed by atoms with Crippen LogP contribution in [0, 0.1) is 6.92 Å². The molecule has 5 rings (SSSR count). The minimum absolute atomic E-state index is 0.208. The summed E-state index contributed by atoms with van der Waals surface area (Å²) in [6.45, 7) is 3.61. The molecule has 2 aromatic heterocycles. The van der Waals surface area contributed by atoms with Gasteiger partial charge in [0.1, 0.15) is 11.9 Å². The Morgan fingerprint density at radius 3 is 2.67 bits per heavy atom. The molecule has 0 bridgehead atoms. The van der Waals surface area contributed by atoms with Crippen molar-refractivity contribution in [1.29, 1.82) is 0 Å². The number of hydrogen-bond acceptors (Lipinski definition) is 5. The fourth-order valence-electron chi connectivity index (χ4n) is 4.64. The van der Waals surface area contributed by atoms with E-state index in [2.05, 4.69) is 43.8 Å². The van der Waals surface area contributed by atoms with Crippen LogP contribution in [0.3, 0.4) is 0 Å². The molecule has 0 amide bonds. The summed E-state index contributed by atoms with van der Waals surface area (Å²) in [5.41, 5.74) is 3.35. The first-order valence-electron chi connectivity index (χ1n) is 10.6. The van der Waals surface area contributed by atoms with Crippen LogP contribution in [0.15, 0.2) is 36.4 Å². The third-order valence-corrected chi connectivity index (χ3v) is 6.31. The normalized spacial score (nSPS) is 21.6. The topological polar surface area (TPSA) is 56.1 Å². The number of hydrogen-bond donors (Lipinski definition) is 0. The number of aryl methyl sites for hydroxylation is 1. The third kappa shape index (κ3) is 3.82. The van der Waals surface area contributed by atoms with Gasteiger partial charge in [-0.1, -0.05) is 17.7 Å². The van der Waals surface area contributed by atoms with Crippen molar-refractivity contribution < 1.29 is 4.74 Å². The predicted molar refractivity (Wildman–Crippen MR) is 116 cm³/mol. The number of nitrogens with zero attached hydrogens (tertiary/aromatic N) is 5. The number of aromatic nitrogens is 4. The van der Waals surface area contributed by atoms with E-state index < -0.39 is 0 Å². The maximum atomic E-state index is 6.28. The molecule has 156 valence electrons. The molecule has 1 aromatic carbocycles. The van der Waals surface area contributed by atoms with Gasteiger partial charge in [-0.2, -0.15) is 0 Å². The molecule has 3 heterocycles. The average molecular weight is 424 g/mol. The number of fused-ring (bicyclic) bond motifs is 3. The summed E-state index contributed by atoms with van der Waals surface area (Å²) in [5.74, 6) is 3.17. The highest BCUT2D eigenvalue weighted by molar-refractivity contribution is 6.30. The van der Waals surface area contributed by atoms with E-state index in [9.17, 15) is 0 Å². The number of ether oxygens (including phenoxy) is 1. The van der Waals surface area contributed by atoms with Gasteiger partial charge in [0.25, 0.3) is 0 Å². The van der Waals surface area contributed by atoms with Gasteiger partial charge in [-0.05, 0) is 69.5 Å². The minimum atomic E-state index is 0.208. The first kappa shape index (κ1) is 19.5. The fourth-order valence-corrected chi connectivity index (χ4v) is 4.83. The van der Waals surface area contributed by atoms with Crippen molar-refractivity contribution in [2.24, 2.45) is 0 Å². The van der Waals surface area contributed by atoms with Gasteiger partial charge in [0, 0.05) is 29.2 Å². The molecule has 0 saturated heterocycles. The summed E-state index contributed by atoms with van der Waals surface area (Å²) in [5, 5.41) is 9.96. The molecule has 3 aromatic rings. The molecule has 0 spiro atoms. The third-order valence-electron chi connectivity index (χ3n) is 6.08. The van der Waals surface area contributed by atoms with Crippen molar-refractivity contribution in [2.75, 3.05) is 7.05 Å². The van der Waals surface area contributed by atoms with E-state index in [4.69, 9.17) is 16.3 Å². The van der Waals surface area contributed by atoms with Gasteiger partial charge in [0.05, 0.1) is 12.2 Å². The zero-order valence-electron chi connectivity index (χ0n) is 17.4. The highest BCUT2D eigenvalue weighted by Crippen LogP contribution is 2.36. The van der Waals surface area contributed by atoms with Crippen molar-refractivity contribution in [3.05, 3.63) is 64.3 Å². The van der Waals surface area contributed by atoms with E-state index in [1.807, 2.05) is 31.2 Å². The summed E-state index contributed by atoms with van der Waals surface area (Å²) in [4.78, 5) is 6.74. The molecule has 1 aliphatic heterocycles. The molecule has 1 saturated carbocycles. The van der Waals surface area contributed by atoms with E-state index in [-0.39, 0.29) is 6.10 Å². The summed E-state index contributed by atoms with van der Waals surface area (Å²) in [7, 11) is 2.11. The van der Waals surface area contributed by atoms with Gasteiger partial charge < -0.3 is 4.74 Å². The Labute approximate surface area is 181 Å². The van der Waals surface area contributed by atoms with Crippen molar-refractivity contribution in [1.82, 2.24) is 24.6 Å². The molecule has 0 radical (unpaired) electrons. The zero-order valence-corrected chi connectivity index (χ0v) is 18.1. The lowest BCUT2D eigenvalue weighted by atomic mass is 9.86. The fraction of sp³-hybridized carbons (Fsp3) is 0.435. The number of pyridine rings is 1. The van der Waals surface area contributed by atoms with Gasteiger partial charge in [-0.25, -0.2) is 4.98 Å².